The van der Waals surface area contributed by atoms with Crippen LogP contribution in [0.5, 0.6) is 23.0 Å². The first kappa shape index (κ1) is 21.8. The molecule has 2 heterocycles. The number of amides is 4. The van der Waals surface area contributed by atoms with E-state index >= 15 is 0 Å². The summed E-state index contributed by atoms with van der Waals surface area (Å²) in [6, 6.07) is 18.6. The molecule has 8 heteroatoms. The van der Waals surface area contributed by atoms with E-state index in [2.05, 4.69) is 0 Å². The van der Waals surface area contributed by atoms with E-state index in [1.54, 1.807) is 54.6 Å². The van der Waals surface area contributed by atoms with Crippen LogP contribution in [0.2, 0.25) is 0 Å². The lowest BCUT2D eigenvalue weighted by Crippen LogP contribution is -2.29. The van der Waals surface area contributed by atoms with Crippen molar-refractivity contribution in [3.63, 3.8) is 0 Å². The number of benzene rings is 3. The lowest BCUT2D eigenvalue weighted by Gasteiger charge is -2.16. The van der Waals surface area contributed by atoms with Crippen molar-refractivity contribution in [2.24, 2.45) is 0 Å². The summed E-state index contributed by atoms with van der Waals surface area (Å²) in [7, 11) is 0. The number of ether oxygens (including phenoxy) is 2. The minimum absolute atomic E-state index is 0.406. The van der Waals surface area contributed by atoms with E-state index in [4.69, 9.17) is 9.47 Å². The van der Waals surface area contributed by atoms with Crippen LogP contribution in [-0.4, -0.2) is 23.6 Å². The number of carbonyl (C=O) groups is 4. The Labute approximate surface area is 200 Å². The third-order valence-electron chi connectivity index (χ3n) is 5.27. The second-order valence-corrected chi connectivity index (χ2v) is 7.87. The number of aryl methyl sites for hydroxylation is 1. The predicted molar refractivity (Wildman–Crippen MR) is 127 cm³/mol. The highest BCUT2D eigenvalue weighted by molar-refractivity contribution is 6.28. The number of rotatable bonds is 6. The van der Waals surface area contributed by atoms with Crippen LogP contribution in [0.4, 0.5) is 11.4 Å². The van der Waals surface area contributed by atoms with Gasteiger partial charge in [0.05, 0.1) is 11.4 Å². The summed E-state index contributed by atoms with van der Waals surface area (Å²) in [6.45, 7) is 1.88. The molecule has 0 N–H and O–H groups in total. The van der Waals surface area contributed by atoms with Crippen molar-refractivity contribution in [2.45, 2.75) is 6.92 Å². The smallest absolute Gasteiger partial charge is 0.258 e. The summed E-state index contributed by atoms with van der Waals surface area (Å²) in [5.74, 6) is 0.211. The minimum atomic E-state index is -0.409. The number of hydrogen-bond acceptors (Lipinski definition) is 6. The van der Waals surface area contributed by atoms with E-state index in [1.165, 1.54) is 24.3 Å². The van der Waals surface area contributed by atoms with Crippen LogP contribution in [0.25, 0.3) is 0 Å². The molecule has 0 aromatic heterocycles. The Morgan fingerprint density at radius 3 is 1.31 bits per heavy atom. The number of anilines is 2. The lowest BCUT2D eigenvalue weighted by molar-refractivity contribution is -0.121. The molecule has 0 unspecified atom stereocenters. The Balaban J connectivity index is 1.36. The molecule has 0 fully saturated rings. The summed E-state index contributed by atoms with van der Waals surface area (Å²) in [6.07, 6.45) is 4.89. The normalized spacial score (nSPS) is 14.9. The molecule has 4 amide bonds. The zero-order valence-corrected chi connectivity index (χ0v) is 18.5. The van der Waals surface area contributed by atoms with Crippen LogP contribution < -0.4 is 19.3 Å². The molecule has 0 bridgehead atoms. The Hall–Kier alpha value is -4.98. The third-order valence-corrected chi connectivity index (χ3v) is 5.27. The van der Waals surface area contributed by atoms with Gasteiger partial charge in [-0.25, -0.2) is 9.80 Å². The quantitative estimate of drug-likeness (QED) is 0.499. The molecule has 0 saturated heterocycles. The molecule has 2 aliphatic heterocycles. The van der Waals surface area contributed by atoms with Gasteiger partial charge in [0.15, 0.2) is 0 Å². The molecule has 0 aliphatic carbocycles. The Bertz CT molecular complexity index is 1310. The fraction of sp³-hybridized carbons (Fsp3) is 0.0370. The van der Waals surface area contributed by atoms with E-state index in [0.29, 0.717) is 34.4 Å². The molecular weight excluding hydrogens is 448 g/mol. The van der Waals surface area contributed by atoms with Gasteiger partial charge in [-0.3, -0.25) is 19.2 Å². The topological polar surface area (TPSA) is 93.2 Å². The van der Waals surface area contributed by atoms with Gasteiger partial charge in [-0.2, -0.15) is 0 Å². The first-order valence-corrected chi connectivity index (χ1v) is 10.7. The standard InChI is InChI=1S/C27H18N2O6/c1-17-12-22(34-20-6-2-4-18(14-20)28-24(30)8-9-25(28)31)16-23(13-17)35-21-7-3-5-19(15-21)29-26(32)10-11-27(29)33/h2-16H,1H3. The largest absolute Gasteiger partial charge is 0.457 e. The van der Waals surface area contributed by atoms with E-state index in [-0.39, 0.29) is 0 Å². The molecule has 3 aromatic carbocycles. The van der Waals surface area contributed by atoms with Gasteiger partial charge >= 0.3 is 0 Å². The van der Waals surface area contributed by atoms with E-state index < -0.39 is 23.6 Å². The molecule has 8 nitrogen and oxygen atoms in total. The maximum absolute atomic E-state index is 12.0. The fourth-order valence-electron chi connectivity index (χ4n) is 3.79. The van der Waals surface area contributed by atoms with Crippen molar-refractivity contribution in [3.05, 3.63) is 96.6 Å². The molecule has 0 radical (unpaired) electrons. The van der Waals surface area contributed by atoms with Gasteiger partial charge < -0.3 is 9.47 Å². The van der Waals surface area contributed by atoms with Crippen LogP contribution in [0.3, 0.4) is 0 Å². The highest BCUT2D eigenvalue weighted by Crippen LogP contribution is 2.33. The lowest BCUT2D eigenvalue weighted by atomic mass is 10.2. The maximum Gasteiger partial charge on any atom is 0.258 e. The molecule has 3 aromatic rings. The summed E-state index contributed by atoms with van der Waals surface area (Å²) >= 11 is 0. The monoisotopic (exact) mass is 466 g/mol. The van der Waals surface area contributed by atoms with Crippen LogP contribution >= 0.6 is 0 Å². The molecule has 0 spiro atoms. The molecule has 172 valence electrons. The summed E-state index contributed by atoms with van der Waals surface area (Å²) in [4.78, 5) is 50.0. The number of hydrogen-bond donors (Lipinski definition) is 0. The first-order valence-electron chi connectivity index (χ1n) is 10.7. The number of carbonyl (C=O) groups excluding carboxylic acids is 4. The van der Waals surface area contributed by atoms with Gasteiger partial charge in [0.1, 0.15) is 23.0 Å². The van der Waals surface area contributed by atoms with Gasteiger partial charge in [0.25, 0.3) is 23.6 Å². The highest BCUT2D eigenvalue weighted by atomic mass is 16.5. The summed E-state index contributed by atoms with van der Waals surface area (Å²) in [5.41, 5.74) is 1.68. The Kier molecular flexibility index (Phi) is 5.46. The highest BCUT2D eigenvalue weighted by Gasteiger charge is 2.26. The molecule has 5 rings (SSSR count). The van der Waals surface area contributed by atoms with Crippen molar-refractivity contribution < 1.29 is 28.7 Å². The van der Waals surface area contributed by atoms with Crippen LogP contribution in [0.1, 0.15) is 5.56 Å². The van der Waals surface area contributed by atoms with Crippen molar-refractivity contribution in [1.29, 1.82) is 0 Å². The van der Waals surface area contributed by atoms with Gasteiger partial charge in [0.2, 0.25) is 0 Å². The fourth-order valence-corrected chi connectivity index (χ4v) is 3.79. The number of imide groups is 2. The Morgan fingerprint density at radius 2 is 0.914 bits per heavy atom. The minimum Gasteiger partial charge on any atom is -0.457 e. The summed E-state index contributed by atoms with van der Waals surface area (Å²) in [5, 5.41) is 0. The van der Waals surface area contributed by atoms with Crippen LogP contribution in [0, 0.1) is 6.92 Å². The molecule has 0 atom stereocenters. The second kappa shape index (κ2) is 8.75. The zero-order valence-electron chi connectivity index (χ0n) is 18.5. The Morgan fingerprint density at radius 1 is 0.514 bits per heavy atom. The van der Waals surface area contributed by atoms with Crippen molar-refractivity contribution >= 4 is 35.0 Å². The SMILES string of the molecule is Cc1cc(Oc2cccc(N3C(=O)C=CC3=O)c2)cc(Oc2cccc(N3C(=O)C=CC3=O)c2)c1. The average molecular weight is 466 g/mol. The number of nitrogens with zero attached hydrogens (tertiary/aromatic N) is 2. The third kappa shape index (κ3) is 4.45. The first-order chi connectivity index (χ1) is 16.9. The maximum atomic E-state index is 12.0. The molecular formula is C27H18N2O6. The van der Waals surface area contributed by atoms with E-state index in [1.807, 2.05) is 19.1 Å². The molecule has 35 heavy (non-hydrogen) atoms. The van der Waals surface area contributed by atoms with Crippen molar-refractivity contribution in [1.82, 2.24) is 0 Å². The molecule has 2 aliphatic rings. The summed E-state index contributed by atoms with van der Waals surface area (Å²) < 4.78 is 12.0. The average Bonchev–Trinajstić information content (AvgIpc) is 3.33. The second-order valence-electron chi connectivity index (χ2n) is 7.87. The van der Waals surface area contributed by atoms with Crippen LogP contribution in [-0.2, 0) is 19.2 Å². The van der Waals surface area contributed by atoms with Gasteiger partial charge in [-0.1, -0.05) is 12.1 Å². The van der Waals surface area contributed by atoms with Crippen LogP contribution in [0.15, 0.2) is 91.0 Å². The van der Waals surface area contributed by atoms with Gasteiger partial charge in [-0.15, -0.1) is 0 Å². The zero-order chi connectivity index (χ0) is 24.5. The predicted octanol–water partition coefficient (Wildman–Crippen LogP) is 4.44. The van der Waals surface area contributed by atoms with E-state index in [0.717, 1.165) is 15.4 Å². The molecule has 0 saturated carbocycles. The van der Waals surface area contributed by atoms with E-state index in [9.17, 15) is 19.2 Å². The van der Waals surface area contributed by atoms with Gasteiger partial charge in [-0.05, 0) is 48.9 Å². The van der Waals surface area contributed by atoms with Crippen molar-refractivity contribution in [3.8, 4) is 23.0 Å². The van der Waals surface area contributed by atoms with Crippen molar-refractivity contribution in [2.75, 3.05) is 9.80 Å². The van der Waals surface area contributed by atoms with Gasteiger partial charge in [0, 0.05) is 42.5 Å².